The summed E-state index contributed by atoms with van der Waals surface area (Å²) in [7, 11) is 0. The van der Waals surface area contributed by atoms with E-state index in [1.165, 1.54) is 128 Å². The maximum absolute atomic E-state index is 11.4. The number of nitrogens with one attached hydrogen (secondary N) is 1. The van der Waals surface area contributed by atoms with E-state index in [1.807, 2.05) is 0 Å². The van der Waals surface area contributed by atoms with Crippen LogP contribution in [0.3, 0.4) is 0 Å². The van der Waals surface area contributed by atoms with E-state index in [2.05, 4.69) is 12.2 Å². The summed E-state index contributed by atoms with van der Waals surface area (Å²) in [6.07, 6.45) is 30.3. The van der Waals surface area contributed by atoms with Gasteiger partial charge in [0.15, 0.2) is 0 Å². The number of unbranched alkanes of at least 4 members (excludes halogenated alkanes) is 21. The molecule has 32 heavy (non-hydrogen) atoms. The predicted octanol–water partition coefficient (Wildman–Crippen LogP) is 8.57. The fourth-order valence-corrected chi connectivity index (χ4v) is 4.27. The average Bonchev–Trinajstić information content (AvgIpc) is 2.78. The molecule has 0 aliphatic carbocycles. The molecule has 0 aromatic rings. The number of hydrogen-bond acceptors (Lipinski definition) is 2. The molecule has 0 fully saturated rings. The van der Waals surface area contributed by atoms with Crippen molar-refractivity contribution in [3.63, 3.8) is 0 Å². The van der Waals surface area contributed by atoms with Crippen molar-refractivity contribution in [2.75, 3.05) is 6.54 Å². The van der Waals surface area contributed by atoms with Crippen molar-refractivity contribution < 1.29 is 14.7 Å². The Hall–Kier alpha value is -1.06. The fourth-order valence-electron chi connectivity index (χ4n) is 4.27. The highest BCUT2D eigenvalue weighted by Crippen LogP contribution is 2.15. The molecular formula is C28H55NO3. The lowest BCUT2D eigenvalue weighted by Gasteiger charge is -2.05. The van der Waals surface area contributed by atoms with Crippen LogP contribution in [0.15, 0.2) is 0 Å². The van der Waals surface area contributed by atoms with E-state index in [4.69, 9.17) is 5.11 Å². The summed E-state index contributed by atoms with van der Waals surface area (Å²) in [6, 6.07) is 0. The third kappa shape index (κ3) is 27.0. The highest BCUT2D eigenvalue weighted by atomic mass is 16.4. The van der Waals surface area contributed by atoms with Gasteiger partial charge in [0.05, 0.1) is 6.42 Å². The highest BCUT2D eigenvalue weighted by Gasteiger charge is 2.04. The van der Waals surface area contributed by atoms with Crippen LogP contribution in [0.4, 0.5) is 0 Å². The minimum Gasteiger partial charge on any atom is -0.481 e. The Morgan fingerprint density at radius 3 is 1.12 bits per heavy atom. The number of aliphatic carboxylic acids is 1. The molecule has 0 atom stereocenters. The molecule has 0 saturated heterocycles. The van der Waals surface area contributed by atoms with Crippen LogP contribution >= 0.6 is 0 Å². The third-order valence-electron chi connectivity index (χ3n) is 6.42. The number of carboxylic acids is 1. The van der Waals surface area contributed by atoms with E-state index in [0.717, 1.165) is 12.8 Å². The van der Waals surface area contributed by atoms with E-state index >= 15 is 0 Å². The van der Waals surface area contributed by atoms with E-state index < -0.39 is 5.97 Å². The Bertz CT molecular complexity index is 411. The Morgan fingerprint density at radius 2 is 0.812 bits per heavy atom. The summed E-state index contributed by atoms with van der Waals surface area (Å²) >= 11 is 0. The van der Waals surface area contributed by atoms with Gasteiger partial charge in [-0.1, -0.05) is 142 Å². The summed E-state index contributed by atoms with van der Waals surface area (Å²) in [6.45, 7) is 2.96. The average molecular weight is 454 g/mol. The molecule has 4 nitrogen and oxygen atoms in total. The maximum atomic E-state index is 11.4. The Morgan fingerprint density at radius 1 is 0.500 bits per heavy atom. The van der Waals surface area contributed by atoms with Crippen molar-refractivity contribution in [3.8, 4) is 0 Å². The lowest BCUT2D eigenvalue weighted by molar-refractivity contribution is -0.138. The first kappa shape index (κ1) is 30.9. The zero-order chi connectivity index (χ0) is 23.5. The van der Waals surface area contributed by atoms with Crippen LogP contribution in [-0.2, 0) is 9.59 Å². The maximum Gasteiger partial charge on any atom is 0.303 e. The Labute approximate surface area is 199 Å². The number of rotatable bonds is 26. The Balaban J connectivity index is 3.08. The van der Waals surface area contributed by atoms with Gasteiger partial charge in [0.25, 0.3) is 0 Å². The first-order valence-electron chi connectivity index (χ1n) is 14.1. The highest BCUT2D eigenvalue weighted by molar-refractivity contribution is 5.80. The first-order chi connectivity index (χ1) is 15.7. The van der Waals surface area contributed by atoms with E-state index in [0.29, 0.717) is 6.54 Å². The Kier molecular flexibility index (Phi) is 25.3. The van der Waals surface area contributed by atoms with Gasteiger partial charge in [-0.3, -0.25) is 9.59 Å². The lowest BCUT2D eigenvalue weighted by Crippen LogP contribution is -2.24. The molecule has 0 saturated carbocycles. The van der Waals surface area contributed by atoms with E-state index in [-0.39, 0.29) is 18.7 Å². The molecule has 0 unspecified atom stereocenters. The normalized spacial score (nSPS) is 11.0. The topological polar surface area (TPSA) is 66.4 Å². The number of carbonyl (C=O) groups is 2. The molecule has 0 spiro atoms. The third-order valence-corrected chi connectivity index (χ3v) is 6.42. The molecule has 0 aromatic heterocycles. The van der Waals surface area contributed by atoms with Crippen molar-refractivity contribution in [1.29, 1.82) is 0 Å². The minimum atomic E-state index is -0.913. The van der Waals surface area contributed by atoms with Gasteiger partial charge < -0.3 is 10.4 Å². The summed E-state index contributed by atoms with van der Waals surface area (Å²) in [4.78, 5) is 21.8. The first-order valence-corrected chi connectivity index (χ1v) is 14.1. The largest absolute Gasteiger partial charge is 0.481 e. The molecule has 0 aliphatic heterocycles. The summed E-state index contributed by atoms with van der Waals surface area (Å²) in [5, 5.41) is 11.3. The monoisotopic (exact) mass is 453 g/mol. The van der Waals surface area contributed by atoms with Crippen LogP contribution in [0.2, 0.25) is 0 Å². The van der Waals surface area contributed by atoms with Gasteiger partial charge in [0.2, 0.25) is 5.91 Å². The zero-order valence-electron chi connectivity index (χ0n) is 21.4. The molecule has 0 heterocycles. The van der Waals surface area contributed by atoms with Crippen LogP contribution in [-0.4, -0.2) is 23.5 Å². The van der Waals surface area contributed by atoms with E-state index in [9.17, 15) is 9.59 Å². The second-order valence-electron chi connectivity index (χ2n) is 9.67. The van der Waals surface area contributed by atoms with Gasteiger partial charge in [-0.25, -0.2) is 0 Å². The molecule has 0 radical (unpaired) electrons. The molecule has 0 aromatic carbocycles. The van der Waals surface area contributed by atoms with E-state index in [1.54, 1.807) is 0 Å². The van der Waals surface area contributed by atoms with Crippen LogP contribution in [0.1, 0.15) is 161 Å². The molecule has 0 rings (SSSR count). The molecule has 190 valence electrons. The molecular weight excluding hydrogens is 398 g/mol. The molecule has 0 bridgehead atoms. The second-order valence-corrected chi connectivity index (χ2v) is 9.67. The predicted molar refractivity (Wildman–Crippen MR) is 137 cm³/mol. The molecule has 2 N–H and O–H groups in total. The van der Waals surface area contributed by atoms with Gasteiger partial charge in [0.1, 0.15) is 0 Å². The zero-order valence-corrected chi connectivity index (χ0v) is 21.4. The lowest BCUT2D eigenvalue weighted by atomic mass is 10.0. The quantitative estimate of drug-likeness (QED) is 0.129. The van der Waals surface area contributed by atoms with Gasteiger partial charge in [0, 0.05) is 13.0 Å². The van der Waals surface area contributed by atoms with Crippen molar-refractivity contribution >= 4 is 11.9 Å². The SMILES string of the molecule is CCCCCCCCCCCCCCCCCCCCCCCCNC(=O)CCC(=O)O. The van der Waals surface area contributed by atoms with Gasteiger partial charge in [-0.2, -0.15) is 0 Å². The van der Waals surface area contributed by atoms with Crippen molar-refractivity contribution in [2.24, 2.45) is 0 Å². The number of carboxylic acid groups (broad SMARTS) is 1. The van der Waals surface area contributed by atoms with Crippen molar-refractivity contribution in [1.82, 2.24) is 5.32 Å². The smallest absolute Gasteiger partial charge is 0.303 e. The fraction of sp³-hybridized carbons (Fsp3) is 0.929. The summed E-state index contributed by atoms with van der Waals surface area (Å²) in [5.74, 6) is -1.06. The summed E-state index contributed by atoms with van der Waals surface area (Å²) < 4.78 is 0. The van der Waals surface area contributed by atoms with Crippen LogP contribution in [0.25, 0.3) is 0 Å². The standard InChI is InChI=1S/C28H55NO3/c1-2-3-4-5-6-7-8-9-10-11-12-13-14-15-16-17-18-19-20-21-22-23-26-29-27(30)24-25-28(31)32/h2-26H2,1H3,(H,29,30)(H,31,32). The molecule has 0 aliphatic rings. The van der Waals surface area contributed by atoms with Crippen LogP contribution in [0, 0.1) is 0 Å². The molecule has 1 amide bonds. The number of hydrogen-bond donors (Lipinski definition) is 2. The van der Waals surface area contributed by atoms with Gasteiger partial charge in [-0.15, -0.1) is 0 Å². The second kappa shape index (κ2) is 26.2. The van der Waals surface area contributed by atoms with Gasteiger partial charge >= 0.3 is 5.97 Å². The van der Waals surface area contributed by atoms with Crippen LogP contribution in [0.5, 0.6) is 0 Å². The number of amides is 1. The summed E-state index contributed by atoms with van der Waals surface area (Å²) in [5.41, 5.74) is 0. The van der Waals surface area contributed by atoms with Crippen LogP contribution < -0.4 is 5.32 Å². The molecule has 4 heteroatoms. The minimum absolute atomic E-state index is 0.0782. The van der Waals surface area contributed by atoms with Crippen molar-refractivity contribution in [2.45, 2.75) is 161 Å². The van der Waals surface area contributed by atoms with Gasteiger partial charge in [-0.05, 0) is 6.42 Å². The number of carbonyl (C=O) groups excluding carboxylic acids is 1. The van der Waals surface area contributed by atoms with Crippen molar-refractivity contribution in [3.05, 3.63) is 0 Å².